The highest BCUT2D eigenvalue weighted by molar-refractivity contribution is 5.77. The minimum absolute atomic E-state index is 0.624. The van der Waals surface area contributed by atoms with E-state index in [1.807, 2.05) is 24.3 Å². The molecular formula is C27H26N3+. The number of nitrogens with zero attached hydrogens (tertiary/aromatic N) is 2. The molecule has 1 heterocycles. The van der Waals surface area contributed by atoms with Gasteiger partial charge in [-0.2, -0.15) is 4.57 Å². The van der Waals surface area contributed by atoms with E-state index in [2.05, 4.69) is 107 Å². The highest BCUT2D eigenvalue weighted by Crippen LogP contribution is 2.34. The van der Waals surface area contributed by atoms with Crippen LogP contribution in [0.3, 0.4) is 0 Å². The lowest BCUT2D eigenvalue weighted by atomic mass is 10.1. The number of nitrogens with two attached hydrogens (primary N) is 1. The maximum Gasteiger partial charge on any atom is 0.205 e. The van der Waals surface area contributed by atoms with Gasteiger partial charge in [-0.1, -0.05) is 48.5 Å². The Labute approximate surface area is 178 Å². The number of hydrogen-bond acceptors (Lipinski definition) is 2. The molecule has 0 bridgehead atoms. The topological polar surface area (TPSA) is 33.1 Å². The predicted octanol–water partition coefficient (Wildman–Crippen LogP) is 5.57. The fourth-order valence-corrected chi connectivity index (χ4v) is 3.50. The summed E-state index contributed by atoms with van der Waals surface area (Å²) in [7, 11) is 0. The summed E-state index contributed by atoms with van der Waals surface area (Å²) in [6.07, 6.45) is 6.34. The SMILES string of the molecule is NCC[n+]1ccccc1/C=C/c1ccc(N(c2ccccc2)c2ccccc2)cc1. The third-order valence-corrected chi connectivity index (χ3v) is 4.97. The van der Waals surface area contributed by atoms with Crippen LogP contribution in [0.15, 0.2) is 109 Å². The van der Waals surface area contributed by atoms with Gasteiger partial charge in [-0.15, -0.1) is 0 Å². The van der Waals surface area contributed by atoms with Gasteiger partial charge in [0.1, 0.15) is 0 Å². The smallest absolute Gasteiger partial charge is 0.205 e. The van der Waals surface area contributed by atoms with Gasteiger partial charge in [-0.05, 0) is 54.1 Å². The van der Waals surface area contributed by atoms with Crippen LogP contribution in [0.1, 0.15) is 11.3 Å². The van der Waals surface area contributed by atoms with Crippen molar-refractivity contribution in [2.45, 2.75) is 6.54 Å². The number of benzene rings is 3. The Bertz CT molecular complexity index is 1050. The zero-order chi connectivity index (χ0) is 20.6. The van der Waals surface area contributed by atoms with Gasteiger partial charge in [-0.25, -0.2) is 0 Å². The Balaban J connectivity index is 1.62. The Morgan fingerprint density at radius 2 is 1.20 bits per heavy atom. The molecule has 0 aliphatic carbocycles. The van der Waals surface area contributed by atoms with Gasteiger partial charge in [0.05, 0.1) is 6.54 Å². The van der Waals surface area contributed by atoms with Crippen LogP contribution in [-0.4, -0.2) is 6.54 Å². The molecule has 1 aromatic heterocycles. The fraction of sp³-hybridized carbons (Fsp3) is 0.0741. The summed E-state index contributed by atoms with van der Waals surface area (Å²) in [5, 5.41) is 0. The van der Waals surface area contributed by atoms with Crippen molar-refractivity contribution in [1.29, 1.82) is 0 Å². The molecule has 4 rings (SSSR count). The quantitative estimate of drug-likeness (QED) is 0.417. The second-order valence-corrected chi connectivity index (χ2v) is 7.04. The van der Waals surface area contributed by atoms with E-state index in [4.69, 9.17) is 5.73 Å². The van der Waals surface area contributed by atoms with Gasteiger partial charge < -0.3 is 10.6 Å². The second kappa shape index (κ2) is 9.68. The van der Waals surface area contributed by atoms with Gasteiger partial charge in [0, 0.05) is 35.3 Å². The van der Waals surface area contributed by atoms with E-state index in [1.54, 1.807) is 0 Å². The monoisotopic (exact) mass is 392 g/mol. The normalized spacial score (nSPS) is 11.0. The molecule has 0 aliphatic heterocycles. The van der Waals surface area contributed by atoms with Crippen molar-refractivity contribution in [1.82, 2.24) is 0 Å². The van der Waals surface area contributed by atoms with E-state index >= 15 is 0 Å². The van der Waals surface area contributed by atoms with Crippen molar-refractivity contribution >= 4 is 29.2 Å². The summed E-state index contributed by atoms with van der Waals surface area (Å²) in [4.78, 5) is 2.26. The van der Waals surface area contributed by atoms with Crippen LogP contribution in [0.2, 0.25) is 0 Å². The summed E-state index contributed by atoms with van der Waals surface area (Å²) in [6, 6.07) is 35.7. The Morgan fingerprint density at radius 3 is 1.80 bits per heavy atom. The molecule has 2 N–H and O–H groups in total. The van der Waals surface area contributed by atoms with E-state index < -0.39 is 0 Å². The summed E-state index contributed by atoms with van der Waals surface area (Å²) in [5.41, 5.74) is 11.4. The molecule has 0 radical (unpaired) electrons. The molecule has 3 nitrogen and oxygen atoms in total. The van der Waals surface area contributed by atoms with E-state index in [1.165, 1.54) is 0 Å². The summed E-state index contributed by atoms with van der Waals surface area (Å²) in [5.74, 6) is 0. The molecule has 0 spiro atoms. The average molecular weight is 393 g/mol. The number of pyridine rings is 1. The van der Waals surface area contributed by atoms with Crippen LogP contribution in [0.25, 0.3) is 12.2 Å². The minimum atomic E-state index is 0.624. The Hall–Kier alpha value is -3.69. The van der Waals surface area contributed by atoms with Gasteiger partial charge >= 0.3 is 0 Å². The molecule has 0 aliphatic rings. The lowest BCUT2D eigenvalue weighted by Gasteiger charge is -2.25. The van der Waals surface area contributed by atoms with Gasteiger partial charge in [0.15, 0.2) is 12.7 Å². The largest absolute Gasteiger partial charge is 0.325 e. The van der Waals surface area contributed by atoms with Crippen LogP contribution < -0.4 is 15.2 Å². The number of aromatic nitrogens is 1. The molecule has 0 amide bonds. The first-order chi connectivity index (χ1) is 14.8. The summed E-state index contributed by atoms with van der Waals surface area (Å²) >= 11 is 0. The summed E-state index contributed by atoms with van der Waals surface area (Å²) < 4.78 is 2.16. The third kappa shape index (κ3) is 4.65. The fourth-order valence-electron chi connectivity index (χ4n) is 3.50. The van der Waals surface area contributed by atoms with Crippen LogP contribution in [-0.2, 0) is 6.54 Å². The first-order valence-electron chi connectivity index (χ1n) is 10.2. The van der Waals surface area contributed by atoms with E-state index in [0.717, 1.165) is 34.9 Å². The van der Waals surface area contributed by atoms with Crippen molar-refractivity contribution in [2.24, 2.45) is 5.73 Å². The molecule has 0 saturated carbocycles. The molecular weight excluding hydrogens is 366 g/mol. The molecule has 0 fully saturated rings. The molecule has 3 heteroatoms. The summed E-state index contributed by atoms with van der Waals surface area (Å²) in [6.45, 7) is 1.43. The van der Waals surface area contributed by atoms with Crippen molar-refractivity contribution in [3.05, 3.63) is 121 Å². The van der Waals surface area contributed by atoms with Crippen LogP contribution in [0.5, 0.6) is 0 Å². The van der Waals surface area contributed by atoms with Crippen LogP contribution in [0.4, 0.5) is 17.1 Å². The zero-order valence-corrected chi connectivity index (χ0v) is 16.9. The maximum absolute atomic E-state index is 5.73. The molecule has 0 atom stereocenters. The Morgan fingerprint density at radius 1 is 0.633 bits per heavy atom. The lowest BCUT2D eigenvalue weighted by Crippen LogP contribution is -2.39. The highest BCUT2D eigenvalue weighted by atomic mass is 15.1. The van der Waals surface area contributed by atoms with Gasteiger partial charge in [0.2, 0.25) is 5.69 Å². The minimum Gasteiger partial charge on any atom is -0.325 e. The second-order valence-electron chi connectivity index (χ2n) is 7.04. The molecule has 0 saturated heterocycles. The van der Waals surface area contributed by atoms with Gasteiger partial charge in [0.25, 0.3) is 0 Å². The molecule has 4 aromatic rings. The highest BCUT2D eigenvalue weighted by Gasteiger charge is 2.11. The Kier molecular flexibility index (Phi) is 6.33. The zero-order valence-electron chi connectivity index (χ0n) is 16.9. The van der Waals surface area contributed by atoms with Gasteiger partial charge in [-0.3, -0.25) is 0 Å². The first kappa shape index (κ1) is 19.6. The lowest BCUT2D eigenvalue weighted by molar-refractivity contribution is -0.696. The van der Waals surface area contributed by atoms with Crippen molar-refractivity contribution < 1.29 is 4.57 Å². The number of rotatable bonds is 7. The predicted molar refractivity (Wildman–Crippen MR) is 126 cm³/mol. The first-order valence-corrected chi connectivity index (χ1v) is 10.2. The molecule has 3 aromatic carbocycles. The standard InChI is InChI=1S/C27H26N3/c28-20-22-29-21-8-7-9-24(29)17-14-23-15-18-27(19-16-23)30(25-10-3-1-4-11-25)26-12-5-2-6-13-26/h1-19,21H,20,22,28H2/q+1. The number of hydrogen-bond donors (Lipinski definition) is 1. The maximum atomic E-state index is 5.73. The van der Waals surface area contributed by atoms with Crippen LogP contribution >= 0.6 is 0 Å². The van der Waals surface area contributed by atoms with Crippen molar-refractivity contribution in [3.63, 3.8) is 0 Å². The van der Waals surface area contributed by atoms with Crippen molar-refractivity contribution in [2.75, 3.05) is 11.4 Å². The van der Waals surface area contributed by atoms with E-state index in [0.29, 0.717) is 6.54 Å². The third-order valence-electron chi connectivity index (χ3n) is 4.97. The van der Waals surface area contributed by atoms with E-state index in [-0.39, 0.29) is 0 Å². The molecule has 148 valence electrons. The van der Waals surface area contributed by atoms with Crippen molar-refractivity contribution in [3.8, 4) is 0 Å². The van der Waals surface area contributed by atoms with Crippen LogP contribution in [0, 0.1) is 0 Å². The molecule has 0 unspecified atom stereocenters. The average Bonchev–Trinajstić information content (AvgIpc) is 2.81. The number of anilines is 3. The number of para-hydroxylation sites is 2. The van der Waals surface area contributed by atoms with E-state index in [9.17, 15) is 0 Å². The molecule has 30 heavy (non-hydrogen) atoms.